The van der Waals surface area contributed by atoms with Crippen LogP contribution in [0.4, 0.5) is 0 Å². The van der Waals surface area contributed by atoms with E-state index < -0.39 is 23.9 Å². The highest BCUT2D eigenvalue weighted by molar-refractivity contribution is 6.18. The van der Waals surface area contributed by atoms with Crippen molar-refractivity contribution in [1.29, 1.82) is 0 Å². The van der Waals surface area contributed by atoms with Gasteiger partial charge in [-0.25, -0.2) is 4.79 Å². The van der Waals surface area contributed by atoms with Crippen molar-refractivity contribution in [3.63, 3.8) is 0 Å². The van der Waals surface area contributed by atoms with E-state index in [-0.39, 0.29) is 11.3 Å². The van der Waals surface area contributed by atoms with E-state index in [2.05, 4.69) is 10.1 Å². The molecule has 1 unspecified atom stereocenters. The molecule has 1 N–H and O–H groups in total. The van der Waals surface area contributed by atoms with Gasteiger partial charge in [-0.2, -0.15) is 0 Å². The van der Waals surface area contributed by atoms with Gasteiger partial charge in [0.25, 0.3) is 5.91 Å². The van der Waals surface area contributed by atoms with E-state index in [0.29, 0.717) is 12.3 Å². The van der Waals surface area contributed by atoms with Gasteiger partial charge in [-0.3, -0.25) is 9.59 Å². The Morgan fingerprint density at radius 1 is 1.24 bits per heavy atom. The molecule has 21 heavy (non-hydrogen) atoms. The first-order chi connectivity index (χ1) is 10.0. The van der Waals surface area contributed by atoms with Crippen LogP contribution in [-0.4, -0.2) is 31.0 Å². The number of amides is 1. The van der Waals surface area contributed by atoms with Crippen molar-refractivity contribution >= 4 is 17.8 Å². The van der Waals surface area contributed by atoms with Gasteiger partial charge in [0.05, 0.1) is 13.2 Å². The molecule has 6 nitrogen and oxygen atoms in total. The van der Waals surface area contributed by atoms with Crippen molar-refractivity contribution in [2.45, 2.75) is 51.5 Å². The number of nitrogens with one attached hydrogen (secondary N) is 1. The zero-order chi connectivity index (χ0) is 15.4. The van der Waals surface area contributed by atoms with Crippen LogP contribution in [0.5, 0.6) is 0 Å². The van der Waals surface area contributed by atoms with Gasteiger partial charge < -0.3 is 14.8 Å². The molecule has 0 spiro atoms. The lowest BCUT2D eigenvalue weighted by Gasteiger charge is -2.25. The molecule has 0 radical (unpaired) electrons. The molecule has 6 heteroatoms. The van der Waals surface area contributed by atoms with E-state index in [4.69, 9.17) is 4.74 Å². The highest BCUT2D eigenvalue weighted by atomic mass is 16.5. The summed E-state index contributed by atoms with van der Waals surface area (Å²) in [5.74, 6) is -1.25. The van der Waals surface area contributed by atoms with E-state index >= 15 is 0 Å². The first kappa shape index (κ1) is 15.5. The highest BCUT2D eigenvalue weighted by Gasteiger charge is 2.39. The number of hydrogen-bond acceptors (Lipinski definition) is 5. The number of carbonyl (C=O) groups is 3. The van der Waals surface area contributed by atoms with Crippen LogP contribution in [0.2, 0.25) is 0 Å². The fraction of sp³-hybridized carbons (Fsp3) is 0.667. The minimum Gasteiger partial charge on any atom is -0.465 e. The number of ether oxygens (including phenoxy) is 2. The van der Waals surface area contributed by atoms with E-state index in [0.717, 1.165) is 12.8 Å². The molecule has 1 aliphatic heterocycles. The van der Waals surface area contributed by atoms with Crippen LogP contribution in [0.25, 0.3) is 0 Å². The minimum absolute atomic E-state index is 0.116. The van der Waals surface area contributed by atoms with Gasteiger partial charge >= 0.3 is 11.9 Å². The summed E-state index contributed by atoms with van der Waals surface area (Å²) in [6.07, 6.45) is 6.51. The molecule has 0 aromatic heterocycles. The number of hydrogen-bond donors (Lipinski definition) is 1. The van der Waals surface area contributed by atoms with E-state index in [1.165, 1.54) is 33.3 Å². The average Bonchev–Trinajstić information content (AvgIpc) is 2.74. The SMILES string of the molecule is COC(=O)C1=C(OC(C)=O)C(CC2CCCCC2)NC1=O. The Labute approximate surface area is 123 Å². The summed E-state index contributed by atoms with van der Waals surface area (Å²) in [6, 6.07) is -0.418. The van der Waals surface area contributed by atoms with Gasteiger partial charge in [0.2, 0.25) is 0 Å². The van der Waals surface area contributed by atoms with Crippen LogP contribution in [-0.2, 0) is 23.9 Å². The van der Waals surface area contributed by atoms with Gasteiger partial charge in [-0.15, -0.1) is 0 Å². The maximum absolute atomic E-state index is 12.0. The van der Waals surface area contributed by atoms with Gasteiger partial charge in [0.15, 0.2) is 5.57 Å². The monoisotopic (exact) mass is 295 g/mol. The van der Waals surface area contributed by atoms with Crippen molar-refractivity contribution in [2.24, 2.45) is 5.92 Å². The minimum atomic E-state index is -0.769. The smallest absolute Gasteiger partial charge is 0.347 e. The summed E-state index contributed by atoms with van der Waals surface area (Å²) >= 11 is 0. The molecule has 1 amide bonds. The molecule has 1 fully saturated rings. The van der Waals surface area contributed by atoms with Crippen LogP contribution in [0.3, 0.4) is 0 Å². The molecular weight excluding hydrogens is 274 g/mol. The van der Waals surface area contributed by atoms with Gasteiger partial charge in [0.1, 0.15) is 5.76 Å². The summed E-state index contributed by atoms with van der Waals surface area (Å²) in [6.45, 7) is 1.25. The summed E-state index contributed by atoms with van der Waals surface area (Å²) < 4.78 is 9.73. The maximum atomic E-state index is 12.0. The van der Waals surface area contributed by atoms with Crippen LogP contribution in [0.15, 0.2) is 11.3 Å². The van der Waals surface area contributed by atoms with Crippen molar-refractivity contribution in [3.8, 4) is 0 Å². The van der Waals surface area contributed by atoms with Gasteiger partial charge in [-0.05, 0) is 12.3 Å². The lowest BCUT2D eigenvalue weighted by Crippen LogP contribution is -2.32. The van der Waals surface area contributed by atoms with Crippen molar-refractivity contribution < 1.29 is 23.9 Å². The molecule has 1 saturated carbocycles. The summed E-state index contributed by atoms with van der Waals surface area (Å²) in [7, 11) is 1.20. The molecule has 0 saturated heterocycles. The Morgan fingerprint density at radius 2 is 1.90 bits per heavy atom. The first-order valence-electron chi connectivity index (χ1n) is 7.34. The first-order valence-corrected chi connectivity index (χ1v) is 7.34. The molecular formula is C15H21NO5. The molecule has 116 valence electrons. The van der Waals surface area contributed by atoms with E-state index in [1.807, 2.05) is 0 Å². The Hall–Kier alpha value is -1.85. The zero-order valence-corrected chi connectivity index (χ0v) is 12.4. The molecule has 0 aromatic carbocycles. The third-order valence-electron chi connectivity index (χ3n) is 4.03. The quantitative estimate of drug-likeness (QED) is 0.627. The highest BCUT2D eigenvalue weighted by Crippen LogP contribution is 2.32. The number of carbonyl (C=O) groups excluding carboxylic acids is 3. The fourth-order valence-electron chi connectivity index (χ4n) is 3.08. The molecule has 2 rings (SSSR count). The summed E-state index contributed by atoms with van der Waals surface area (Å²) in [5.41, 5.74) is -0.187. The fourth-order valence-corrected chi connectivity index (χ4v) is 3.08. The Kier molecular flexibility index (Phi) is 4.98. The Morgan fingerprint density at radius 3 is 2.48 bits per heavy atom. The molecule has 2 aliphatic rings. The molecule has 0 bridgehead atoms. The molecule has 1 aliphatic carbocycles. The normalized spacial score (nSPS) is 23.0. The Balaban J connectivity index is 2.19. The second-order valence-electron chi connectivity index (χ2n) is 5.59. The predicted molar refractivity (Wildman–Crippen MR) is 73.9 cm³/mol. The summed E-state index contributed by atoms with van der Waals surface area (Å²) in [4.78, 5) is 34.9. The molecule has 1 atom stereocenters. The number of rotatable bonds is 4. The van der Waals surface area contributed by atoms with Crippen molar-refractivity contribution in [3.05, 3.63) is 11.3 Å². The topological polar surface area (TPSA) is 81.7 Å². The zero-order valence-electron chi connectivity index (χ0n) is 12.4. The second kappa shape index (κ2) is 6.74. The van der Waals surface area contributed by atoms with Crippen LogP contribution in [0.1, 0.15) is 45.4 Å². The standard InChI is InChI=1S/C15H21NO5/c1-9(17)21-13-11(8-10-6-4-3-5-7-10)16-14(18)12(13)15(19)20-2/h10-11H,3-8H2,1-2H3,(H,16,18). The van der Waals surface area contributed by atoms with Crippen LogP contribution < -0.4 is 5.32 Å². The summed E-state index contributed by atoms with van der Waals surface area (Å²) in [5, 5.41) is 2.73. The van der Waals surface area contributed by atoms with Crippen LogP contribution >= 0.6 is 0 Å². The van der Waals surface area contributed by atoms with Gasteiger partial charge in [-0.1, -0.05) is 32.1 Å². The Bertz CT molecular complexity index is 476. The largest absolute Gasteiger partial charge is 0.465 e. The van der Waals surface area contributed by atoms with E-state index in [9.17, 15) is 14.4 Å². The third kappa shape index (κ3) is 3.62. The van der Waals surface area contributed by atoms with Crippen molar-refractivity contribution in [2.75, 3.05) is 7.11 Å². The molecule has 0 aromatic rings. The number of methoxy groups -OCH3 is 1. The van der Waals surface area contributed by atoms with Crippen LogP contribution in [0, 0.1) is 5.92 Å². The lowest BCUT2D eigenvalue weighted by molar-refractivity contribution is -0.138. The third-order valence-corrected chi connectivity index (χ3v) is 4.03. The number of esters is 2. The average molecular weight is 295 g/mol. The second-order valence-corrected chi connectivity index (χ2v) is 5.59. The molecule has 1 heterocycles. The predicted octanol–water partition coefficient (Wildman–Crippen LogP) is 1.45. The van der Waals surface area contributed by atoms with Gasteiger partial charge in [0, 0.05) is 6.92 Å². The lowest BCUT2D eigenvalue weighted by atomic mass is 9.84. The van der Waals surface area contributed by atoms with Crippen molar-refractivity contribution in [1.82, 2.24) is 5.32 Å². The van der Waals surface area contributed by atoms with E-state index in [1.54, 1.807) is 0 Å². The maximum Gasteiger partial charge on any atom is 0.347 e.